The number of nitrogens with two attached hydrogens (primary N) is 1. The summed E-state index contributed by atoms with van der Waals surface area (Å²) >= 11 is 0. The van der Waals surface area contributed by atoms with Gasteiger partial charge in [-0.05, 0) is 24.0 Å². The van der Waals surface area contributed by atoms with Gasteiger partial charge in [-0.2, -0.15) is 0 Å². The summed E-state index contributed by atoms with van der Waals surface area (Å²) in [5.41, 5.74) is 7.64. The van der Waals surface area contributed by atoms with Crippen LogP contribution in [0.2, 0.25) is 0 Å². The topological polar surface area (TPSA) is 43.1 Å². The lowest BCUT2D eigenvalue weighted by Crippen LogP contribution is -2.42. The fraction of sp³-hybridized carbons (Fsp3) is 0.300. The van der Waals surface area contributed by atoms with Gasteiger partial charge < -0.3 is 10.5 Å². The van der Waals surface area contributed by atoms with Crippen molar-refractivity contribution in [2.75, 3.05) is 0 Å². The second kappa shape index (κ2) is 2.42. The van der Waals surface area contributed by atoms with E-state index in [1.165, 1.54) is 11.1 Å². The summed E-state index contributed by atoms with van der Waals surface area (Å²) in [5.74, 6) is 0. The maximum atomic E-state index is 10.7. The summed E-state index contributed by atoms with van der Waals surface area (Å²) < 4.78 is 0. The Labute approximate surface area is 71.4 Å². The summed E-state index contributed by atoms with van der Waals surface area (Å²) in [5, 5.41) is 0. The Morgan fingerprint density at radius 2 is 1.75 bits per heavy atom. The van der Waals surface area contributed by atoms with E-state index >= 15 is 0 Å². The molecular weight excluding hydrogens is 150 g/mol. The van der Waals surface area contributed by atoms with Crippen LogP contribution < -0.4 is 5.73 Å². The third kappa shape index (κ3) is 1.04. The minimum atomic E-state index is -0.635. The van der Waals surface area contributed by atoms with Crippen LogP contribution in [-0.2, 0) is 17.6 Å². The van der Waals surface area contributed by atoms with Crippen LogP contribution in [0, 0.1) is 0 Å². The molecule has 2 N–H and O–H groups in total. The first-order valence-corrected chi connectivity index (χ1v) is 4.05. The Morgan fingerprint density at radius 3 is 2.17 bits per heavy atom. The van der Waals surface area contributed by atoms with Gasteiger partial charge in [0.15, 0.2) is 0 Å². The molecule has 0 unspecified atom stereocenters. The van der Waals surface area contributed by atoms with Crippen molar-refractivity contribution < 1.29 is 4.79 Å². The van der Waals surface area contributed by atoms with Crippen molar-refractivity contribution in [3.63, 3.8) is 0 Å². The minimum absolute atomic E-state index is 0.635. The fourth-order valence-corrected chi connectivity index (χ4v) is 1.76. The van der Waals surface area contributed by atoms with E-state index in [-0.39, 0.29) is 0 Å². The average Bonchev–Trinajstić information content (AvgIpc) is 2.42. The molecule has 0 amide bonds. The number of rotatable bonds is 1. The lowest BCUT2D eigenvalue weighted by molar-refractivity contribution is -0.111. The van der Waals surface area contributed by atoms with Crippen LogP contribution in [0.4, 0.5) is 0 Å². The molecule has 0 radical (unpaired) electrons. The SMILES string of the molecule is NC1(C=O)Cc2ccccc2C1. The number of carbonyl (C=O) groups excluding carboxylic acids is 1. The van der Waals surface area contributed by atoms with Crippen LogP contribution in [0.15, 0.2) is 24.3 Å². The molecule has 0 fully saturated rings. The van der Waals surface area contributed by atoms with Gasteiger partial charge >= 0.3 is 0 Å². The smallest absolute Gasteiger partial charge is 0.140 e. The average molecular weight is 161 g/mol. The summed E-state index contributed by atoms with van der Waals surface area (Å²) in [6.07, 6.45) is 2.24. The molecule has 0 saturated carbocycles. The number of carbonyl (C=O) groups is 1. The molecular formula is C10H11NO. The molecule has 2 heteroatoms. The molecule has 2 nitrogen and oxygen atoms in total. The zero-order valence-corrected chi connectivity index (χ0v) is 6.79. The summed E-state index contributed by atoms with van der Waals surface area (Å²) in [7, 11) is 0. The van der Waals surface area contributed by atoms with Crippen LogP contribution in [0.25, 0.3) is 0 Å². The van der Waals surface area contributed by atoms with Gasteiger partial charge in [-0.1, -0.05) is 24.3 Å². The molecule has 0 atom stereocenters. The van der Waals surface area contributed by atoms with Crippen molar-refractivity contribution in [3.8, 4) is 0 Å². The van der Waals surface area contributed by atoms with Crippen LogP contribution in [0.1, 0.15) is 11.1 Å². The fourth-order valence-electron chi connectivity index (χ4n) is 1.76. The van der Waals surface area contributed by atoms with Crippen molar-refractivity contribution in [2.45, 2.75) is 18.4 Å². The molecule has 1 aromatic carbocycles. The van der Waals surface area contributed by atoms with Gasteiger partial charge in [-0.3, -0.25) is 0 Å². The second-order valence-corrected chi connectivity index (χ2v) is 3.47. The Morgan fingerprint density at radius 1 is 1.25 bits per heavy atom. The maximum Gasteiger partial charge on any atom is 0.140 e. The highest BCUT2D eigenvalue weighted by Gasteiger charge is 2.32. The molecule has 0 heterocycles. The minimum Gasteiger partial charge on any atom is -0.319 e. The maximum absolute atomic E-state index is 10.7. The Hall–Kier alpha value is -1.15. The highest BCUT2D eigenvalue weighted by molar-refractivity contribution is 5.68. The molecule has 12 heavy (non-hydrogen) atoms. The Kier molecular flexibility index (Phi) is 1.51. The monoisotopic (exact) mass is 161 g/mol. The van der Waals surface area contributed by atoms with E-state index in [9.17, 15) is 4.79 Å². The normalized spacial score (nSPS) is 18.8. The standard InChI is InChI=1S/C10H11NO/c11-10(7-12)5-8-3-1-2-4-9(8)6-10/h1-4,7H,5-6,11H2. The third-order valence-corrected chi connectivity index (χ3v) is 2.39. The molecule has 62 valence electrons. The first kappa shape index (κ1) is 7.50. The van der Waals surface area contributed by atoms with Crippen LogP contribution in [0.3, 0.4) is 0 Å². The summed E-state index contributed by atoms with van der Waals surface area (Å²) in [6, 6.07) is 8.03. The zero-order chi connectivity index (χ0) is 8.60. The lowest BCUT2D eigenvalue weighted by Gasteiger charge is -2.13. The molecule has 0 spiro atoms. The van der Waals surface area contributed by atoms with E-state index in [4.69, 9.17) is 5.73 Å². The zero-order valence-electron chi connectivity index (χ0n) is 6.79. The predicted octanol–water partition coefficient (Wildman–Crippen LogP) is 0.682. The number of fused-ring (bicyclic) bond motifs is 1. The molecule has 0 aromatic heterocycles. The molecule has 1 aromatic rings. The van der Waals surface area contributed by atoms with Crippen molar-refractivity contribution in [1.82, 2.24) is 0 Å². The van der Waals surface area contributed by atoms with E-state index in [0.717, 1.165) is 6.29 Å². The molecule has 2 rings (SSSR count). The molecule has 0 bridgehead atoms. The first-order valence-electron chi connectivity index (χ1n) is 4.05. The molecule has 0 aliphatic heterocycles. The first-order chi connectivity index (χ1) is 5.73. The van der Waals surface area contributed by atoms with Gasteiger partial charge in [-0.15, -0.1) is 0 Å². The largest absolute Gasteiger partial charge is 0.319 e. The second-order valence-electron chi connectivity index (χ2n) is 3.47. The van der Waals surface area contributed by atoms with Crippen molar-refractivity contribution in [1.29, 1.82) is 0 Å². The van der Waals surface area contributed by atoms with Crippen LogP contribution in [-0.4, -0.2) is 11.8 Å². The van der Waals surface area contributed by atoms with Crippen LogP contribution >= 0.6 is 0 Å². The third-order valence-electron chi connectivity index (χ3n) is 2.39. The number of aldehydes is 1. The van der Waals surface area contributed by atoms with E-state index in [2.05, 4.69) is 0 Å². The Balaban J connectivity index is 2.39. The quantitative estimate of drug-likeness (QED) is 0.615. The summed E-state index contributed by atoms with van der Waals surface area (Å²) in [4.78, 5) is 10.7. The van der Waals surface area contributed by atoms with E-state index < -0.39 is 5.54 Å². The number of benzene rings is 1. The van der Waals surface area contributed by atoms with E-state index in [0.29, 0.717) is 12.8 Å². The van der Waals surface area contributed by atoms with Gasteiger partial charge in [-0.25, -0.2) is 0 Å². The summed E-state index contributed by atoms with van der Waals surface area (Å²) in [6.45, 7) is 0. The van der Waals surface area contributed by atoms with Crippen LogP contribution in [0.5, 0.6) is 0 Å². The van der Waals surface area contributed by atoms with Gasteiger partial charge in [0.25, 0.3) is 0 Å². The van der Waals surface area contributed by atoms with E-state index in [1.54, 1.807) is 0 Å². The van der Waals surface area contributed by atoms with Gasteiger partial charge in [0.1, 0.15) is 6.29 Å². The highest BCUT2D eigenvalue weighted by atomic mass is 16.1. The molecule has 1 aliphatic rings. The van der Waals surface area contributed by atoms with Crippen molar-refractivity contribution in [3.05, 3.63) is 35.4 Å². The highest BCUT2D eigenvalue weighted by Crippen LogP contribution is 2.26. The number of hydrogen-bond acceptors (Lipinski definition) is 2. The van der Waals surface area contributed by atoms with Crippen molar-refractivity contribution >= 4 is 6.29 Å². The van der Waals surface area contributed by atoms with Gasteiger partial charge in [0, 0.05) is 0 Å². The molecule has 1 aliphatic carbocycles. The lowest BCUT2D eigenvalue weighted by atomic mass is 10.00. The Bertz CT molecular complexity index is 294. The number of hydrogen-bond donors (Lipinski definition) is 1. The predicted molar refractivity (Wildman–Crippen MR) is 46.8 cm³/mol. The van der Waals surface area contributed by atoms with Gasteiger partial charge in [0.05, 0.1) is 5.54 Å². The van der Waals surface area contributed by atoms with E-state index in [1.807, 2.05) is 24.3 Å². The van der Waals surface area contributed by atoms with Gasteiger partial charge in [0.2, 0.25) is 0 Å². The molecule has 0 saturated heterocycles. The van der Waals surface area contributed by atoms with Crippen molar-refractivity contribution in [2.24, 2.45) is 5.73 Å².